The number of carboxylic acid groups (broad SMARTS) is 2. The van der Waals surface area contributed by atoms with Gasteiger partial charge in [-0.05, 0) is 0 Å². The number of rotatable bonds is 4. The molecule has 0 aliphatic carbocycles. The Balaban J connectivity index is -0.000000170. The van der Waals surface area contributed by atoms with Crippen molar-refractivity contribution in [3.63, 3.8) is 0 Å². The molecule has 0 aromatic carbocycles. The zero-order valence-electron chi connectivity index (χ0n) is 13.3. The summed E-state index contributed by atoms with van der Waals surface area (Å²) in [5, 5.41) is 17.1. The predicted molar refractivity (Wildman–Crippen MR) is 77.7 cm³/mol. The Bertz CT molecular complexity index is 421. The second-order valence-electron chi connectivity index (χ2n) is 4.62. The fourth-order valence-electron chi connectivity index (χ4n) is 1.74. The summed E-state index contributed by atoms with van der Waals surface area (Å²) in [7, 11) is -9.78. The van der Waals surface area contributed by atoms with E-state index in [0.717, 1.165) is 36.0 Å². The molecule has 0 saturated carbocycles. The van der Waals surface area contributed by atoms with E-state index in [1.807, 2.05) is 0 Å². The van der Waals surface area contributed by atoms with Crippen molar-refractivity contribution >= 4 is 27.6 Å². The molecule has 1 saturated heterocycles. The Morgan fingerprint density at radius 2 is 0.885 bits per heavy atom. The van der Waals surface area contributed by atoms with Gasteiger partial charge in [0.25, 0.3) is 15.6 Å². The number of quaternary nitrogens is 2. The first-order valence-electron chi connectivity index (χ1n) is 6.21. The van der Waals surface area contributed by atoms with E-state index in [-0.39, 0.29) is 24.0 Å². The van der Waals surface area contributed by atoms with Crippen molar-refractivity contribution in [3.05, 3.63) is 0 Å². The number of nitrogens with one attached hydrogen (secondary N) is 2. The summed E-state index contributed by atoms with van der Waals surface area (Å²) in [6.07, 6.45) is 0. The molecule has 0 atom stereocenters. The fourth-order valence-corrected chi connectivity index (χ4v) is 1.74. The van der Waals surface area contributed by atoms with Gasteiger partial charge in [-0.1, -0.05) is 0 Å². The van der Waals surface area contributed by atoms with E-state index in [0.29, 0.717) is 0 Å². The van der Waals surface area contributed by atoms with Gasteiger partial charge in [-0.3, -0.25) is 9.13 Å². The van der Waals surface area contributed by atoms with Crippen LogP contribution in [0, 0.1) is 0 Å². The molecule has 0 spiro atoms. The van der Waals surface area contributed by atoms with Crippen LogP contribution in [0.5, 0.6) is 0 Å². The molecule has 12 N–H and O–H groups in total. The molecule has 16 nitrogen and oxygen atoms in total. The first-order valence-corrected chi connectivity index (χ1v) is 9.27. The third-order valence-corrected chi connectivity index (χ3v) is 2.47. The Morgan fingerprint density at radius 1 is 0.731 bits per heavy atom. The van der Waals surface area contributed by atoms with E-state index >= 15 is 0 Å². The van der Waals surface area contributed by atoms with Crippen molar-refractivity contribution in [2.24, 2.45) is 0 Å². The minimum Gasteiger partial charge on any atom is -0.756 e. The third-order valence-electron chi connectivity index (χ3n) is 2.47. The summed E-state index contributed by atoms with van der Waals surface area (Å²) in [6, 6.07) is 0. The average Bonchev–Trinajstić information content (AvgIpc) is 2.25. The van der Waals surface area contributed by atoms with Gasteiger partial charge in [0.15, 0.2) is 13.1 Å². The monoisotopic (exact) mass is 434 g/mol. The molecule has 18 heteroatoms. The highest BCUT2D eigenvalue weighted by Crippen LogP contribution is 2.19. The van der Waals surface area contributed by atoms with Crippen LogP contribution in [0.4, 0.5) is 0 Å². The van der Waals surface area contributed by atoms with E-state index < -0.39 is 27.6 Å². The molecule has 0 aromatic rings. The van der Waals surface area contributed by atoms with Crippen LogP contribution in [0.3, 0.4) is 0 Å². The highest BCUT2D eigenvalue weighted by molar-refractivity contribution is 7.43. The van der Waals surface area contributed by atoms with Crippen molar-refractivity contribution in [2.75, 3.05) is 39.3 Å². The number of carboxylic acids is 2. The standard InChI is InChI=1S/C8H14N2O4.2H3O4P.2H2O/c11-7(12)5-9-1-2-10(4-3-9)6-8(13)14;2*1-5(2,3)4;;/h1-6H2,(H,11,12)(H,13,14);2*(H3,1,2,3,4);2*1H2. The highest BCUT2D eigenvalue weighted by atomic mass is 31.2. The molecule has 1 aliphatic rings. The molecule has 0 unspecified atom stereocenters. The first kappa shape index (κ1) is 32.7. The van der Waals surface area contributed by atoms with Crippen LogP contribution in [0.25, 0.3) is 0 Å². The summed E-state index contributed by atoms with van der Waals surface area (Å²) in [4.78, 5) is 68.7. The Hall–Kier alpha value is -1.00. The second kappa shape index (κ2) is 15.1. The molecule has 1 aliphatic heterocycles. The van der Waals surface area contributed by atoms with Crippen molar-refractivity contribution in [1.29, 1.82) is 0 Å². The van der Waals surface area contributed by atoms with Crippen LogP contribution in [-0.2, 0) is 18.7 Å². The molecule has 160 valence electrons. The van der Waals surface area contributed by atoms with Crippen molar-refractivity contribution in [3.8, 4) is 0 Å². The lowest BCUT2D eigenvalue weighted by atomic mass is 10.3. The van der Waals surface area contributed by atoms with Crippen LogP contribution in [0.2, 0.25) is 0 Å². The molecule has 0 aromatic heterocycles. The maximum absolute atomic E-state index is 10.4. The van der Waals surface area contributed by atoms with Gasteiger partial charge in [0.2, 0.25) is 0 Å². The number of aliphatic carboxylic acids is 2. The van der Waals surface area contributed by atoms with Gasteiger partial charge in [-0.25, -0.2) is 9.59 Å². The number of carbonyl (C=O) groups is 2. The van der Waals surface area contributed by atoms with Gasteiger partial charge in [-0.15, -0.1) is 0 Å². The fraction of sp³-hybridized carbons (Fsp3) is 0.750. The van der Waals surface area contributed by atoms with Crippen molar-refractivity contribution in [1.82, 2.24) is 0 Å². The van der Waals surface area contributed by atoms with Crippen molar-refractivity contribution < 1.29 is 79.0 Å². The van der Waals surface area contributed by atoms with Gasteiger partial charge < -0.3 is 60.3 Å². The van der Waals surface area contributed by atoms with Crippen molar-refractivity contribution in [2.45, 2.75) is 0 Å². The van der Waals surface area contributed by atoms with E-state index in [1.54, 1.807) is 0 Å². The zero-order valence-corrected chi connectivity index (χ0v) is 15.1. The average molecular weight is 434 g/mol. The molecule has 1 rings (SSSR count). The van der Waals surface area contributed by atoms with Gasteiger partial charge in [-0.2, -0.15) is 0 Å². The molecule has 1 fully saturated rings. The summed E-state index contributed by atoms with van der Waals surface area (Å²) < 4.78 is 17.5. The molecular formula is C8H24N2O14P2. The first-order chi connectivity index (χ1) is 10.6. The Kier molecular flexibility index (Phi) is 19.0. The quantitative estimate of drug-likeness (QED) is 0.191. The minimum absolute atomic E-state index is 0. The summed E-state index contributed by atoms with van der Waals surface area (Å²) in [6.45, 7) is 3.26. The second-order valence-corrected chi connectivity index (χ2v) is 6.58. The number of phosphoric acid groups is 2. The molecule has 0 radical (unpaired) electrons. The highest BCUT2D eigenvalue weighted by Gasteiger charge is 2.25. The van der Waals surface area contributed by atoms with Gasteiger partial charge in [0, 0.05) is 0 Å². The van der Waals surface area contributed by atoms with Gasteiger partial charge in [0.1, 0.15) is 26.2 Å². The lowest BCUT2D eigenvalue weighted by molar-refractivity contribution is -1.01. The molecular weight excluding hydrogens is 410 g/mol. The van der Waals surface area contributed by atoms with Gasteiger partial charge in [0.05, 0.1) is 0 Å². The minimum atomic E-state index is -4.89. The van der Waals surface area contributed by atoms with Crippen LogP contribution in [0.1, 0.15) is 0 Å². The number of piperazine rings is 1. The normalized spacial score (nSPS) is 19.2. The van der Waals surface area contributed by atoms with Crippen LogP contribution < -0.4 is 19.6 Å². The van der Waals surface area contributed by atoms with Crippen LogP contribution in [-0.4, -0.2) is 91.9 Å². The third kappa shape index (κ3) is 38.5. The van der Waals surface area contributed by atoms with Gasteiger partial charge >= 0.3 is 11.9 Å². The molecule has 26 heavy (non-hydrogen) atoms. The molecule has 0 amide bonds. The van der Waals surface area contributed by atoms with Crippen LogP contribution >= 0.6 is 15.6 Å². The summed E-state index contributed by atoms with van der Waals surface area (Å²) in [5.41, 5.74) is 0. The number of hydrogen-bond donors (Lipinski definition) is 8. The lowest BCUT2D eigenvalue weighted by Gasteiger charge is -2.27. The van der Waals surface area contributed by atoms with Crippen LogP contribution in [0.15, 0.2) is 0 Å². The zero-order chi connectivity index (χ0) is 19.6. The lowest BCUT2D eigenvalue weighted by Crippen LogP contribution is -3.28. The number of hydrogen-bond acceptors (Lipinski definition) is 6. The Morgan fingerprint density at radius 3 is 1.00 bits per heavy atom. The van der Waals surface area contributed by atoms with E-state index in [9.17, 15) is 9.59 Å². The maximum Gasteiger partial charge on any atom is 0.359 e. The summed E-state index contributed by atoms with van der Waals surface area (Å²) >= 11 is 0. The van der Waals surface area contributed by atoms with E-state index in [1.165, 1.54) is 0 Å². The topological polar surface area (TPSA) is 308 Å². The van der Waals surface area contributed by atoms with E-state index in [2.05, 4.69) is 0 Å². The smallest absolute Gasteiger partial charge is 0.359 e. The largest absolute Gasteiger partial charge is 0.756 e. The Labute approximate surface area is 147 Å². The summed E-state index contributed by atoms with van der Waals surface area (Å²) in [5.74, 6) is -1.58. The molecule has 0 bridgehead atoms. The molecule has 1 heterocycles. The van der Waals surface area contributed by atoms with E-state index in [4.69, 9.17) is 48.7 Å². The SMILES string of the molecule is O.O.O=C(O)C[NH+]1CC[NH+](CC(=O)O)CC1.O=P([O-])(O)O.O=P([O-])(O)O. The maximum atomic E-state index is 10.4. The predicted octanol–water partition coefficient (Wildman–Crippen LogP) is -8.83.